The molecule has 0 saturated carbocycles. The summed E-state index contributed by atoms with van der Waals surface area (Å²) in [6, 6.07) is 3.52. The summed E-state index contributed by atoms with van der Waals surface area (Å²) in [5, 5.41) is 3.99. The molecule has 1 saturated heterocycles. The third-order valence-electron chi connectivity index (χ3n) is 3.98. The van der Waals surface area contributed by atoms with Crippen molar-refractivity contribution in [2.24, 2.45) is 0 Å². The average molecular weight is 387 g/mol. The minimum absolute atomic E-state index is 0.0279. The summed E-state index contributed by atoms with van der Waals surface area (Å²) in [4.78, 5) is 31.0. The van der Waals surface area contributed by atoms with Crippen molar-refractivity contribution in [3.63, 3.8) is 0 Å². The number of amides is 1. The van der Waals surface area contributed by atoms with E-state index in [2.05, 4.69) is 35.9 Å². The maximum Gasteiger partial charge on any atom is 0.340 e. The largest absolute Gasteiger partial charge is 0.341 e. The van der Waals surface area contributed by atoms with E-state index in [0.29, 0.717) is 11.8 Å². The van der Waals surface area contributed by atoms with Gasteiger partial charge >= 0.3 is 6.01 Å². The number of nitrogens with one attached hydrogen (secondary N) is 2. The monoisotopic (exact) mass is 386 g/mol. The predicted molar refractivity (Wildman–Crippen MR) is 97.1 cm³/mol. The van der Waals surface area contributed by atoms with Crippen LogP contribution >= 0.6 is 11.6 Å². The molecule has 0 aliphatic carbocycles. The van der Waals surface area contributed by atoms with E-state index in [1.807, 2.05) is 4.90 Å². The average Bonchev–Trinajstić information content (AvgIpc) is 3.39. The lowest BCUT2D eigenvalue weighted by Gasteiger charge is -2.15. The summed E-state index contributed by atoms with van der Waals surface area (Å²) in [6.45, 7) is 1.72. The van der Waals surface area contributed by atoms with Gasteiger partial charge in [0.1, 0.15) is 0 Å². The normalized spacial score (nSPS) is 13.6. The van der Waals surface area contributed by atoms with E-state index < -0.39 is 5.91 Å². The highest BCUT2D eigenvalue weighted by molar-refractivity contribution is 6.33. The van der Waals surface area contributed by atoms with Crippen LogP contribution in [0.5, 0.6) is 0 Å². The number of hydrogen-bond acceptors (Lipinski definition) is 9. The number of nitrogens with zero attached hydrogens (tertiary/aromatic N) is 6. The first kappa shape index (κ1) is 17.2. The molecule has 2 N–H and O–H groups in total. The van der Waals surface area contributed by atoms with Crippen molar-refractivity contribution in [2.75, 3.05) is 23.4 Å². The number of rotatable bonds is 5. The van der Waals surface area contributed by atoms with E-state index in [1.165, 1.54) is 6.20 Å². The molecule has 0 aromatic carbocycles. The predicted octanol–water partition coefficient (Wildman–Crippen LogP) is 1.93. The van der Waals surface area contributed by atoms with Gasteiger partial charge in [-0.25, -0.2) is 15.4 Å². The third-order valence-corrected chi connectivity index (χ3v) is 4.26. The fourth-order valence-corrected chi connectivity index (χ4v) is 2.83. The molecule has 0 radical (unpaired) electrons. The number of carbonyl (C=O) groups excluding carboxylic acids is 1. The van der Waals surface area contributed by atoms with Crippen molar-refractivity contribution in [3.8, 4) is 11.4 Å². The van der Waals surface area contributed by atoms with Crippen molar-refractivity contribution in [3.05, 3.63) is 41.4 Å². The summed E-state index contributed by atoms with van der Waals surface area (Å²) in [6.07, 6.45) is 6.81. The van der Waals surface area contributed by atoms with Gasteiger partial charge in [0.15, 0.2) is 5.69 Å². The van der Waals surface area contributed by atoms with E-state index in [1.54, 1.807) is 24.5 Å². The second-order valence-corrected chi connectivity index (χ2v) is 6.21. The Morgan fingerprint density at radius 3 is 2.74 bits per heavy atom. The van der Waals surface area contributed by atoms with Gasteiger partial charge in [-0.05, 0) is 25.0 Å². The van der Waals surface area contributed by atoms with Gasteiger partial charge in [-0.15, -0.1) is 0 Å². The molecule has 11 heteroatoms. The van der Waals surface area contributed by atoms with Crippen LogP contribution in [0, 0.1) is 0 Å². The highest BCUT2D eigenvalue weighted by Gasteiger charge is 2.20. The Labute approximate surface area is 159 Å². The molecule has 1 aliphatic heterocycles. The van der Waals surface area contributed by atoms with Crippen LogP contribution in [0.3, 0.4) is 0 Å². The van der Waals surface area contributed by atoms with Crippen LogP contribution in [0.25, 0.3) is 11.4 Å². The summed E-state index contributed by atoms with van der Waals surface area (Å²) in [5.74, 6) is 0.317. The Bertz CT molecular complexity index is 943. The first-order valence-electron chi connectivity index (χ1n) is 8.28. The molecule has 0 spiro atoms. The second kappa shape index (κ2) is 7.54. The number of hydrogen-bond donors (Lipinski definition) is 2. The van der Waals surface area contributed by atoms with Gasteiger partial charge in [-0.3, -0.25) is 15.2 Å². The lowest BCUT2D eigenvalue weighted by Crippen LogP contribution is -2.31. The molecule has 3 aromatic heterocycles. The molecule has 0 unspecified atom stereocenters. The maximum atomic E-state index is 12.4. The lowest BCUT2D eigenvalue weighted by molar-refractivity contribution is 0.0956. The summed E-state index contributed by atoms with van der Waals surface area (Å²) in [7, 11) is 0. The van der Waals surface area contributed by atoms with Gasteiger partial charge in [-0.2, -0.15) is 4.98 Å². The Morgan fingerprint density at radius 2 is 1.96 bits per heavy atom. The zero-order valence-electron chi connectivity index (χ0n) is 14.1. The second-order valence-electron chi connectivity index (χ2n) is 5.80. The zero-order chi connectivity index (χ0) is 18.6. The van der Waals surface area contributed by atoms with Gasteiger partial charge < -0.3 is 9.42 Å². The fourth-order valence-electron chi connectivity index (χ4n) is 2.65. The number of aromatic nitrogens is 5. The quantitative estimate of drug-likeness (QED) is 0.633. The van der Waals surface area contributed by atoms with Crippen molar-refractivity contribution >= 4 is 29.5 Å². The van der Waals surface area contributed by atoms with Gasteiger partial charge in [0.05, 0.1) is 11.2 Å². The maximum absolute atomic E-state index is 12.4. The Morgan fingerprint density at radius 1 is 1.19 bits per heavy atom. The molecule has 0 bridgehead atoms. The topological polar surface area (TPSA) is 122 Å². The van der Waals surface area contributed by atoms with Gasteiger partial charge in [0.2, 0.25) is 11.8 Å². The fraction of sp³-hybridized carbons (Fsp3) is 0.250. The molecule has 4 rings (SSSR count). The summed E-state index contributed by atoms with van der Waals surface area (Å²) in [5.41, 5.74) is 5.81. The number of anilines is 2. The molecule has 1 fully saturated rings. The number of halogens is 1. The van der Waals surface area contributed by atoms with Crippen LogP contribution in [0.2, 0.25) is 5.02 Å². The zero-order valence-corrected chi connectivity index (χ0v) is 14.8. The van der Waals surface area contributed by atoms with Crippen molar-refractivity contribution in [1.29, 1.82) is 0 Å². The standard InChI is InChI=1S/C16H15ClN8O2/c17-11-9-19-15(25-7-1-2-8-25)20-12(11)14(26)22-23-16-21-13(24-27-16)10-3-5-18-6-4-10/h3-6,9H,1-2,7-8H2,(H,22,26)(H,21,23,24). The molecule has 4 heterocycles. The molecular formula is C16H15ClN8O2. The summed E-state index contributed by atoms with van der Waals surface area (Å²) < 4.78 is 5.06. The smallest absolute Gasteiger partial charge is 0.340 e. The SMILES string of the molecule is O=C(NNc1nc(-c2ccncc2)no1)c1nc(N2CCCC2)ncc1Cl. The lowest BCUT2D eigenvalue weighted by atomic mass is 10.3. The molecule has 27 heavy (non-hydrogen) atoms. The van der Waals surface area contributed by atoms with Crippen LogP contribution in [0.4, 0.5) is 12.0 Å². The van der Waals surface area contributed by atoms with Gasteiger partial charge in [-0.1, -0.05) is 16.8 Å². The first-order chi connectivity index (χ1) is 13.2. The first-order valence-corrected chi connectivity index (χ1v) is 8.66. The van der Waals surface area contributed by atoms with E-state index >= 15 is 0 Å². The molecule has 10 nitrogen and oxygen atoms in total. The van der Waals surface area contributed by atoms with Crippen LogP contribution in [-0.4, -0.2) is 44.1 Å². The minimum atomic E-state index is -0.536. The molecular weight excluding hydrogens is 372 g/mol. The highest BCUT2D eigenvalue weighted by Crippen LogP contribution is 2.20. The molecule has 1 aliphatic rings. The highest BCUT2D eigenvalue weighted by atomic mass is 35.5. The number of carbonyl (C=O) groups is 1. The number of pyridine rings is 1. The Kier molecular flexibility index (Phi) is 4.79. The van der Waals surface area contributed by atoms with Crippen molar-refractivity contribution in [2.45, 2.75) is 12.8 Å². The van der Waals surface area contributed by atoms with Gasteiger partial charge in [0.25, 0.3) is 5.91 Å². The Balaban J connectivity index is 1.44. The van der Waals surface area contributed by atoms with E-state index in [0.717, 1.165) is 31.5 Å². The Hall–Kier alpha value is -3.27. The summed E-state index contributed by atoms with van der Waals surface area (Å²) >= 11 is 6.07. The van der Waals surface area contributed by atoms with E-state index in [4.69, 9.17) is 16.1 Å². The van der Waals surface area contributed by atoms with Crippen molar-refractivity contribution < 1.29 is 9.32 Å². The minimum Gasteiger partial charge on any atom is -0.341 e. The molecule has 138 valence electrons. The van der Waals surface area contributed by atoms with E-state index in [9.17, 15) is 4.79 Å². The van der Waals surface area contributed by atoms with E-state index in [-0.39, 0.29) is 16.7 Å². The van der Waals surface area contributed by atoms with Crippen LogP contribution < -0.4 is 15.8 Å². The third kappa shape index (κ3) is 3.80. The molecule has 0 atom stereocenters. The molecule has 3 aromatic rings. The van der Waals surface area contributed by atoms with Crippen LogP contribution in [0.1, 0.15) is 23.3 Å². The number of hydrazine groups is 1. The molecule has 1 amide bonds. The van der Waals surface area contributed by atoms with Gasteiger partial charge in [0, 0.05) is 31.0 Å². The van der Waals surface area contributed by atoms with Crippen LogP contribution in [-0.2, 0) is 0 Å². The van der Waals surface area contributed by atoms with Crippen LogP contribution in [0.15, 0.2) is 35.2 Å². The van der Waals surface area contributed by atoms with Crippen molar-refractivity contribution in [1.82, 2.24) is 30.5 Å².